The molecule has 2 atom stereocenters. The van der Waals surface area contributed by atoms with E-state index < -0.39 is 29.2 Å². The molecule has 1 aliphatic heterocycles. The lowest BCUT2D eigenvalue weighted by molar-refractivity contribution is -0.182. The standard InChI is InChI=1S/C18H18Cl2O5/c1-17(2,3)25-16(22)18(23,10-9-11-7-5-4-6-8-11)14-12(19)13(20)15(21)24-14/h4-10,14,23H,1-3H3/b10-9+/t14-,18+/m1/s1. The summed E-state index contributed by atoms with van der Waals surface area (Å²) >= 11 is 11.8. The predicted octanol–water partition coefficient (Wildman–Crippen LogP) is 3.39. The lowest BCUT2D eigenvalue weighted by Crippen LogP contribution is -2.51. The maximum absolute atomic E-state index is 12.6. The lowest BCUT2D eigenvalue weighted by Gasteiger charge is -2.31. The van der Waals surface area contributed by atoms with Gasteiger partial charge in [-0.25, -0.2) is 9.59 Å². The van der Waals surface area contributed by atoms with Gasteiger partial charge in [-0.2, -0.15) is 0 Å². The largest absolute Gasteiger partial charge is 0.457 e. The highest BCUT2D eigenvalue weighted by Gasteiger charge is 2.52. The summed E-state index contributed by atoms with van der Waals surface area (Å²) < 4.78 is 10.3. The second-order valence-corrected chi connectivity index (χ2v) is 7.30. The van der Waals surface area contributed by atoms with Gasteiger partial charge >= 0.3 is 11.9 Å². The van der Waals surface area contributed by atoms with Crippen LogP contribution >= 0.6 is 23.2 Å². The van der Waals surface area contributed by atoms with Crippen molar-refractivity contribution >= 4 is 41.2 Å². The Labute approximate surface area is 155 Å². The third-order valence-electron chi connectivity index (χ3n) is 3.30. The zero-order valence-corrected chi connectivity index (χ0v) is 15.5. The molecule has 1 N–H and O–H groups in total. The zero-order valence-electron chi connectivity index (χ0n) is 14.0. The smallest absolute Gasteiger partial charge is 0.351 e. The predicted molar refractivity (Wildman–Crippen MR) is 94.9 cm³/mol. The van der Waals surface area contributed by atoms with Gasteiger partial charge in [0.25, 0.3) is 0 Å². The van der Waals surface area contributed by atoms with Crippen molar-refractivity contribution in [1.29, 1.82) is 0 Å². The molecule has 1 heterocycles. The van der Waals surface area contributed by atoms with Crippen LogP contribution in [-0.4, -0.2) is 34.4 Å². The number of hydrogen-bond donors (Lipinski definition) is 1. The molecule has 0 unspecified atom stereocenters. The second-order valence-electron chi connectivity index (χ2n) is 6.52. The molecule has 0 radical (unpaired) electrons. The van der Waals surface area contributed by atoms with E-state index in [-0.39, 0.29) is 10.1 Å². The van der Waals surface area contributed by atoms with Crippen molar-refractivity contribution in [2.45, 2.75) is 38.1 Å². The summed E-state index contributed by atoms with van der Waals surface area (Å²) in [5.41, 5.74) is -2.47. The third kappa shape index (κ3) is 4.42. The highest BCUT2D eigenvalue weighted by Crippen LogP contribution is 2.37. The average Bonchev–Trinajstić information content (AvgIpc) is 2.80. The first-order chi connectivity index (χ1) is 11.5. The number of ether oxygens (including phenoxy) is 2. The summed E-state index contributed by atoms with van der Waals surface area (Å²) in [7, 11) is 0. The van der Waals surface area contributed by atoms with Gasteiger partial charge in [0, 0.05) is 0 Å². The Morgan fingerprint density at radius 2 is 1.84 bits per heavy atom. The maximum atomic E-state index is 12.6. The number of cyclic esters (lactones) is 1. The highest BCUT2D eigenvalue weighted by molar-refractivity contribution is 6.48. The fraction of sp³-hybridized carbons (Fsp3) is 0.333. The Balaban J connectivity index is 2.43. The zero-order chi connectivity index (χ0) is 18.8. The first-order valence-corrected chi connectivity index (χ1v) is 8.26. The minimum absolute atomic E-state index is 0.252. The van der Waals surface area contributed by atoms with Crippen LogP contribution in [-0.2, 0) is 19.1 Å². The number of carbonyl (C=O) groups is 2. The Hall–Kier alpha value is -1.82. The Morgan fingerprint density at radius 1 is 1.24 bits per heavy atom. The molecule has 7 heteroatoms. The van der Waals surface area contributed by atoms with Crippen LogP contribution in [0.15, 0.2) is 46.5 Å². The molecule has 0 aromatic heterocycles. The summed E-state index contributed by atoms with van der Waals surface area (Å²) in [6, 6.07) is 8.97. The van der Waals surface area contributed by atoms with Crippen LogP contribution in [0.4, 0.5) is 0 Å². The number of esters is 2. The summed E-state index contributed by atoms with van der Waals surface area (Å²) in [6.45, 7) is 4.95. The molecule has 1 aromatic rings. The van der Waals surface area contributed by atoms with E-state index in [1.807, 2.05) is 6.07 Å². The molecular weight excluding hydrogens is 367 g/mol. The summed E-state index contributed by atoms with van der Waals surface area (Å²) in [5.74, 6) is -1.92. The van der Waals surface area contributed by atoms with Crippen LogP contribution in [0.25, 0.3) is 6.08 Å². The van der Waals surface area contributed by atoms with Crippen molar-refractivity contribution < 1.29 is 24.2 Å². The van der Waals surface area contributed by atoms with Crippen LogP contribution < -0.4 is 0 Å². The van der Waals surface area contributed by atoms with Crippen molar-refractivity contribution in [3.63, 3.8) is 0 Å². The number of rotatable bonds is 4. The van der Waals surface area contributed by atoms with E-state index in [1.165, 1.54) is 12.2 Å². The minimum atomic E-state index is -2.33. The van der Waals surface area contributed by atoms with Gasteiger partial charge in [0.2, 0.25) is 5.60 Å². The monoisotopic (exact) mass is 384 g/mol. The molecule has 1 aliphatic rings. The van der Waals surface area contributed by atoms with E-state index in [1.54, 1.807) is 45.0 Å². The van der Waals surface area contributed by atoms with Gasteiger partial charge in [-0.15, -0.1) is 0 Å². The fourth-order valence-corrected chi connectivity index (χ4v) is 2.55. The molecule has 5 nitrogen and oxygen atoms in total. The van der Waals surface area contributed by atoms with Crippen molar-refractivity contribution in [2.75, 3.05) is 0 Å². The molecule has 1 aromatic carbocycles. The van der Waals surface area contributed by atoms with Gasteiger partial charge in [0.1, 0.15) is 10.6 Å². The summed E-state index contributed by atoms with van der Waals surface area (Å²) in [4.78, 5) is 24.2. The number of benzene rings is 1. The van der Waals surface area contributed by atoms with Crippen LogP contribution in [0, 0.1) is 0 Å². The lowest BCUT2D eigenvalue weighted by atomic mass is 9.94. The van der Waals surface area contributed by atoms with Gasteiger partial charge in [-0.3, -0.25) is 0 Å². The van der Waals surface area contributed by atoms with E-state index in [0.29, 0.717) is 0 Å². The maximum Gasteiger partial charge on any atom is 0.351 e. The first-order valence-electron chi connectivity index (χ1n) is 7.51. The molecule has 0 fully saturated rings. The Morgan fingerprint density at radius 3 is 2.32 bits per heavy atom. The van der Waals surface area contributed by atoms with Gasteiger partial charge in [-0.05, 0) is 32.4 Å². The number of carbonyl (C=O) groups excluding carboxylic acids is 2. The Kier molecular flexibility index (Phi) is 5.62. The highest BCUT2D eigenvalue weighted by atomic mass is 35.5. The van der Waals surface area contributed by atoms with Gasteiger partial charge in [0.05, 0.1) is 5.03 Å². The van der Waals surface area contributed by atoms with Gasteiger partial charge < -0.3 is 14.6 Å². The van der Waals surface area contributed by atoms with Crippen molar-refractivity contribution in [3.05, 3.63) is 52.0 Å². The first kappa shape index (κ1) is 19.5. The van der Waals surface area contributed by atoms with Gasteiger partial charge in [-0.1, -0.05) is 59.6 Å². The molecule has 0 spiro atoms. The van der Waals surface area contributed by atoms with Crippen LogP contribution in [0.3, 0.4) is 0 Å². The topological polar surface area (TPSA) is 72.8 Å². The van der Waals surface area contributed by atoms with E-state index in [4.69, 9.17) is 32.7 Å². The van der Waals surface area contributed by atoms with Crippen LogP contribution in [0.2, 0.25) is 0 Å². The molecule has 134 valence electrons. The van der Waals surface area contributed by atoms with E-state index in [9.17, 15) is 14.7 Å². The summed E-state index contributed by atoms with van der Waals surface area (Å²) in [6.07, 6.45) is 1.21. The molecule has 2 rings (SSSR count). The van der Waals surface area contributed by atoms with E-state index in [2.05, 4.69) is 0 Å². The Bertz CT molecular complexity index is 734. The van der Waals surface area contributed by atoms with Gasteiger partial charge in [0.15, 0.2) is 6.10 Å². The summed E-state index contributed by atoms with van der Waals surface area (Å²) in [5, 5.41) is 10.4. The number of halogens is 2. The van der Waals surface area contributed by atoms with Crippen molar-refractivity contribution in [3.8, 4) is 0 Å². The van der Waals surface area contributed by atoms with E-state index >= 15 is 0 Å². The molecule has 0 aliphatic carbocycles. The van der Waals surface area contributed by atoms with Crippen molar-refractivity contribution in [2.24, 2.45) is 0 Å². The molecule has 25 heavy (non-hydrogen) atoms. The molecular formula is C18H18Cl2O5. The molecule has 0 saturated heterocycles. The minimum Gasteiger partial charge on any atom is -0.457 e. The second kappa shape index (κ2) is 7.20. The quantitative estimate of drug-likeness (QED) is 0.805. The molecule has 0 amide bonds. The molecule has 0 saturated carbocycles. The molecule has 0 bridgehead atoms. The number of aliphatic hydroxyl groups is 1. The fourth-order valence-electron chi connectivity index (χ4n) is 2.12. The van der Waals surface area contributed by atoms with Crippen LogP contribution in [0.1, 0.15) is 26.3 Å². The average molecular weight is 385 g/mol. The third-order valence-corrected chi connectivity index (χ3v) is 4.14. The number of hydrogen-bond acceptors (Lipinski definition) is 5. The van der Waals surface area contributed by atoms with Crippen molar-refractivity contribution in [1.82, 2.24) is 0 Å². The van der Waals surface area contributed by atoms with Crippen LogP contribution in [0.5, 0.6) is 0 Å². The normalized spacial score (nSPS) is 20.6. The van der Waals surface area contributed by atoms with E-state index in [0.717, 1.165) is 5.56 Å². The SMILES string of the molecule is CC(C)(C)OC(=O)[C@](O)(/C=C/c1ccccc1)[C@@H]1OC(=O)C(Cl)=C1Cl.